The summed E-state index contributed by atoms with van der Waals surface area (Å²) in [5.41, 5.74) is 0. The zero-order valence-corrected chi connectivity index (χ0v) is 18.1. The fraction of sp³-hybridized carbons (Fsp3) is 0.455. The number of fused-ring (bicyclic) bond motifs is 10. The molecule has 0 saturated carbocycles. The summed E-state index contributed by atoms with van der Waals surface area (Å²) in [6, 6.07) is 22.2. The quantitative estimate of drug-likeness (QED) is 0.417. The molecule has 4 atom stereocenters. The number of hydrogen-bond donors (Lipinski definition) is 0. The van der Waals surface area contributed by atoms with E-state index >= 15 is 0 Å². The topological polar surface area (TPSA) is 0 Å². The average Bonchev–Trinajstić information content (AvgIpc) is 3.62. The molecule has 0 nitrogen and oxygen atoms in total. The second kappa shape index (κ2) is 1.36. The van der Waals surface area contributed by atoms with Crippen LogP contribution in [-0.2, 0) is 18.8 Å². The van der Waals surface area contributed by atoms with Gasteiger partial charge >= 0.3 is 153 Å². The van der Waals surface area contributed by atoms with Crippen molar-refractivity contribution >= 4 is 27.1 Å². The molecule has 2 aromatic rings. The molecule has 10 fully saturated rings. The van der Waals surface area contributed by atoms with Crippen molar-refractivity contribution in [3.63, 3.8) is 0 Å². The Bertz CT molecular complexity index is 1430. The van der Waals surface area contributed by atoms with Crippen LogP contribution in [0.4, 0.5) is 0 Å². The van der Waals surface area contributed by atoms with Crippen LogP contribution in [0.3, 0.4) is 0 Å². The minimum atomic E-state index is -3.69. The van der Waals surface area contributed by atoms with Crippen molar-refractivity contribution in [3.05, 3.63) is 60.7 Å². The summed E-state index contributed by atoms with van der Waals surface area (Å²) in [7, 11) is 16.4. The van der Waals surface area contributed by atoms with Gasteiger partial charge in [0, 0.05) is 0 Å². The number of halogens is 2. The van der Waals surface area contributed by atoms with Crippen molar-refractivity contribution < 1.29 is 18.8 Å². The molecule has 1 spiro atoms. The molecule has 4 unspecified atom stereocenters. The number of benzene rings is 2. The van der Waals surface area contributed by atoms with Gasteiger partial charge in [0.1, 0.15) is 0 Å². The van der Waals surface area contributed by atoms with Crippen LogP contribution >= 0.6 is 19.1 Å². The summed E-state index contributed by atoms with van der Waals surface area (Å²) in [6.45, 7) is -3.46. The van der Waals surface area contributed by atoms with Gasteiger partial charge < -0.3 is 0 Å². The second-order valence-electron chi connectivity index (χ2n) is 12.7. The second-order valence-corrected chi connectivity index (χ2v) is 49.5. The molecule has 10 heterocycles. The zero-order chi connectivity index (χ0) is 16.7. The maximum atomic E-state index is 8.22. The van der Waals surface area contributed by atoms with Crippen LogP contribution in [-0.4, -0.2) is 0 Å². The average molecular weight is 517 g/mol. The van der Waals surface area contributed by atoms with E-state index in [2.05, 4.69) is 60.7 Å². The fourth-order valence-electron chi connectivity index (χ4n) is 18.1. The van der Waals surface area contributed by atoms with E-state index in [0.29, 0.717) is 2.79 Å². The third-order valence-electron chi connectivity index (χ3n) is 16.9. The van der Waals surface area contributed by atoms with Gasteiger partial charge in [-0.2, -0.15) is 0 Å². The Labute approximate surface area is 151 Å². The van der Waals surface area contributed by atoms with Crippen LogP contribution in [0.2, 0.25) is 46.1 Å². The van der Waals surface area contributed by atoms with Gasteiger partial charge in [0.25, 0.3) is 0 Å². The van der Waals surface area contributed by atoms with Gasteiger partial charge in [-0.05, 0) is 0 Å². The van der Waals surface area contributed by atoms with E-state index in [4.69, 9.17) is 19.1 Å². The van der Waals surface area contributed by atoms with Gasteiger partial charge in [-0.3, -0.25) is 0 Å². The molecular weight excluding hydrogens is 497 g/mol. The Balaban J connectivity index is 1.37. The Kier molecular flexibility index (Phi) is 0.629. The normalized spacial score (nSPS) is 84.1. The maximum absolute atomic E-state index is 8.22. The van der Waals surface area contributed by atoms with Crippen molar-refractivity contribution in [1.82, 2.24) is 0 Å². The van der Waals surface area contributed by atoms with E-state index in [1.807, 2.05) is 0 Å². The number of hydrogen-bond acceptors (Lipinski definition) is 0. The van der Waals surface area contributed by atoms with Crippen molar-refractivity contribution in [2.75, 3.05) is 0 Å². The molecule has 0 aliphatic carbocycles. The minimum absolute atomic E-state index is 0.486. The van der Waals surface area contributed by atoms with Crippen molar-refractivity contribution in [2.45, 2.75) is 46.1 Å². The first kappa shape index (κ1) is 12.0. The van der Waals surface area contributed by atoms with E-state index in [0.717, 1.165) is 9.63 Å². The molecule has 0 radical (unpaired) electrons. The van der Waals surface area contributed by atoms with Crippen molar-refractivity contribution in [3.8, 4) is 0 Å². The first-order valence-corrected chi connectivity index (χ1v) is 22.4. The standard InChI is InChI=1S/2C6H5.C5H5.C5H4.2ClH.Fe.Pd/c2*1-2-4-6-5-3-1;2*1-2-4-5-3-1;;;;/h2*1-5H;1-5H;1-4H;2*1H;;/q;;;;;;;+2/p-2. The summed E-state index contributed by atoms with van der Waals surface area (Å²) in [4.78, 5) is 11.0. The third-order valence-corrected chi connectivity index (χ3v) is 81.0. The fourth-order valence-corrected chi connectivity index (χ4v) is 140. The van der Waals surface area contributed by atoms with Gasteiger partial charge in [0.2, 0.25) is 0 Å². The molecule has 2 aromatic carbocycles. The van der Waals surface area contributed by atoms with Gasteiger partial charge in [-0.15, -0.1) is 0 Å². The number of rotatable bonds is 3. The van der Waals surface area contributed by atoms with Gasteiger partial charge in [-0.25, -0.2) is 0 Å². The summed E-state index contributed by atoms with van der Waals surface area (Å²) in [5.74, 6) is 0. The first-order chi connectivity index (χ1) is 12.3. The molecule has 26 heavy (non-hydrogen) atoms. The molecule has 10 aliphatic rings. The predicted molar refractivity (Wildman–Crippen MR) is 100 cm³/mol. The summed E-state index contributed by atoms with van der Waals surface area (Å²) in [5, 5.41) is 0. The van der Waals surface area contributed by atoms with E-state index in [9.17, 15) is 0 Å². The molecule has 0 N–H and O–H groups in total. The summed E-state index contributed by atoms with van der Waals surface area (Å²) >= 11 is -3.69. The van der Waals surface area contributed by atoms with Gasteiger partial charge in [0.05, 0.1) is 0 Å². The molecule has 139 valence electrons. The van der Waals surface area contributed by atoms with Gasteiger partial charge in [0.15, 0.2) is 0 Å². The molecule has 10 saturated heterocycles. The molecule has 0 aromatic heterocycles. The van der Waals surface area contributed by atoms with Crippen molar-refractivity contribution in [1.29, 1.82) is 0 Å². The predicted octanol–water partition coefficient (Wildman–Crippen LogP) is 6.35. The Hall–Kier alpha value is 0.202. The molecule has 0 bridgehead atoms. The SMILES string of the molecule is [Cl][Pd]([Cl])([c]1ccccc1)([c]1ccccc1)[C]12[CH]3[CH]4[CH]5[CH]1[Fe]45321678[CH]2[CH]1[CH]6[CH]7[CH]28. The Morgan fingerprint density at radius 2 is 1.00 bits per heavy atom. The van der Waals surface area contributed by atoms with Crippen LogP contribution in [0.25, 0.3) is 0 Å². The first-order valence-electron chi connectivity index (χ1n) is 9.79. The molecule has 4 heteroatoms. The molecule has 12 rings (SSSR count). The zero-order valence-electron chi connectivity index (χ0n) is 13.9. The molecule has 10 aliphatic heterocycles. The van der Waals surface area contributed by atoms with Crippen LogP contribution in [0.5, 0.6) is 0 Å². The molecule has 0 amide bonds. The van der Waals surface area contributed by atoms with Crippen LogP contribution in [0.1, 0.15) is 0 Å². The third kappa shape index (κ3) is 0.197. The Morgan fingerprint density at radius 3 is 1.27 bits per heavy atom. The van der Waals surface area contributed by atoms with Gasteiger partial charge in [-0.1, -0.05) is 0 Å². The van der Waals surface area contributed by atoms with E-state index < -0.39 is 18.8 Å². The Morgan fingerprint density at radius 1 is 0.615 bits per heavy atom. The summed E-state index contributed by atoms with van der Waals surface area (Å²) < 4.78 is 3.16. The molecular formula is C22H19Cl2FePd. The van der Waals surface area contributed by atoms with E-state index in [-0.39, 0.29) is 0 Å². The summed E-state index contributed by atoms with van der Waals surface area (Å²) in [6.07, 6.45) is 0. The van der Waals surface area contributed by atoms with Crippen molar-refractivity contribution in [2.24, 2.45) is 0 Å². The van der Waals surface area contributed by atoms with Crippen LogP contribution in [0, 0.1) is 0 Å². The van der Waals surface area contributed by atoms with Crippen LogP contribution in [0.15, 0.2) is 60.7 Å². The van der Waals surface area contributed by atoms with E-state index in [1.54, 1.807) is 0 Å². The van der Waals surface area contributed by atoms with Crippen LogP contribution < -0.4 is 8.07 Å². The monoisotopic (exact) mass is 515 g/mol. The van der Waals surface area contributed by atoms with E-state index in [1.165, 1.54) is 41.8 Å².